The molecule has 0 fully saturated rings. The zero-order chi connectivity index (χ0) is 66.1. The molecule has 0 saturated carbocycles. The zero-order valence-electron chi connectivity index (χ0n) is 60.0. The van der Waals surface area contributed by atoms with Crippen LogP contribution in [0.2, 0.25) is 0 Å². The summed E-state index contributed by atoms with van der Waals surface area (Å²) >= 11 is 0. The van der Waals surface area contributed by atoms with Gasteiger partial charge in [0.15, 0.2) is 0 Å². The molecular formula is C84H128O6. The third kappa shape index (κ3) is 27.5. The fourth-order valence-electron chi connectivity index (χ4n) is 12.3. The molecule has 3 N–H and O–H groups in total. The van der Waals surface area contributed by atoms with Gasteiger partial charge in [-0.15, -0.1) is 0 Å². The van der Waals surface area contributed by atoms with Crippen molar-refractivity contribution in [3.8, 4) is 34.5 Å². The first-order chi connectivity index (χ1) is 41.9. The minimum atomic E-state index is -0.126. The molecular weight excluding hydrogens is 1100 g/mol. The van der Waals surface area contributed by atoms with Crippen LogP contribution >= 0.6 is 0 Å². The van der Waals surface area contributed by atoms with E-state index in [0.717, 1.165) is 191 Å². The number of hydrogen-bond donors (Lipinski definition) is 3. The molecule has 3 atom stereocenters. The van der Waals surface area contributed by atoms with Gasteiger partial charge in [0.25, 0.3) is 0 Å². The van der Waals surface area contributed by atoms with Crippen molar-refractivity contribution in [1.29, 1.82) is 0 Å². The monoisotopic (exact) mass is 1230 g/mol. The molecule has 3 aliphatic heterocycles. The number of benzene rings is 3. The van der Waals surface area contributed by atoms with Crippen LogP contribution in [0.4, 0.5) is 0 Å². The minimum absolute atomic E-state index is 0. The number of allylic oxidation sites excluding steroid dienone is 18. The Morgan fingerprint density at radius 1 is 0.367 bits per heavy atom. The van der Waals surface area contributed by atoms with E-state index in [1.165, 1.54) is 75.0 Å². The predicted octanol–water partition coefficient (Wildman–Crippen LogP) is 25.2. The lowest BCUT2D eigenvalue weighted by Gasteiger charge is -2.37. The van der Waals surface area contributed by atoms with E-state index in [1.807, 2.05) is 45.9 Å². The van der Waals surface area contributed by atoms with Crippen molar-refractivity contribution in [2.24, 2.45) is 0 Å². The van der Waals surface area contributed by atoms with Crippen LogP contribution < -0.4 is 14.2 Å². The molecule has 3 aromatic rings. The van der Waals surface area contributed by atoms with Gasteiger partial charge < -0.3 is 29.5 Å². The Morgan fingerprint density at radius 2 is 0.678 bits per heavy atom. The molecule has 0 radical (unpaired) electrons. The molecule has 0 aliphatic carbocycles. The number of hydrogen-bond acceptors (Lipinski definition) is 6. The largest absolute Gasteiger partial charge is 0.508 e. The summed E-state index contributed by atoms with van der Waals surface area (Å²) in [6.07, 6.45) is 47.3. The fraction of sp³-hybridized carbons (Fsp3) is 0.571. The lowest BCUT2D eigenvalue weighted by molar-refractivity contribution is 0.0557. The maximum atomic E-state index is 10.1. The highest BCUT2D eigenvalue weighted by molar-refractivity contribution is 5.54. The Bertz CT molecular complexity index is 3010. The van der Waals surface area contributed by atoms with Crippen molar-refractivity contribution in [1.82, 2.24) is 0 Å². The summed E-state index contributed by atoms with van der Waals surface area (Å²) < 4.78 is 19.4. The zero-order valence-corrected chi connectivity index (χ0v) is 60.0. The number of rotatable bonds is 27. The van der Waals surface area contributed by atoms with Gasteiger partial charge in [0.2, 0.25) is 0 Å². The van der Waals surface area contributed by atoms with Crippen LogP contribution in [0, 0.1) is 34.6 Å². The normalized spacial score (nSPS) is 19.2. The predicted molar refractivity (Wildman–Crippen MR) is 391 cm³/mol. The number of phenols is 3. The van der Waals surface area contributed by atoms with Crippen LogP contribution in [0.25, 0.3) is 0 Å². The van der Waals surface area contributed by atoms with E-state index in [9.17, 15) is 15.3 Å². The molecule has 500 valence electrons. The molecule has 6 rings (SSSR count). The first-order valence-electron chi connectivity index (χ1n) is 34.3. The Balaban J connectivity index is 0.000000351. The molecule has 6 nitrogen and oxygen atoms in total. The van der Waals surface area contributed by atoms with E-state index >= 15 is 0 Å². The van der Waals surface area contributed by atoms with Gasteiger partial charge in [-0.25, -0.2) is 0 Å². The SMILES string of the molecule is C.CC(C)=CCC/C(C)=C/CC/C(C)=C/CCC1(C)CCc2c(C)c(O)cc(C)c2O1.CC(C)=CCC/C(C)=C/CC/C(C)=C/CCC1(C)CCc2cc(O)c(C)c(C)c2O1.CC(C)=CCC/C(C)=C/CC/C(C)=C/CCC1(C)CCc2cc(O)cc(C)c2O1. The summed E-state index contributed by atoms with van der Waals surface area (Å²) in [5.41, 5.74) is 21.3. The van der Waals surface area contributed by atoms with Gasteiger partial charge in [-0.3, -0.25) is 0 Å². The second-order valence-electron chi connectivity index (χ2n) is 28.7. The molecule has 0 saturated heterocycles. The van der Waals surface area contributed by atoms with Crippen molar-refractivity contribution in [2.75, 3.05) is 0 Å². The molecule has 3 aliphatic rings. The lowest BCUT2D eigenvalue weighted by Crippen LogP contribution is -2.36. The van der Waals surface area contributed by atoms with Gasteiger partial charge in [0.1, 0.15) is 51.3 Å². The van der Waals surface area contributed by atoms with Gasteiger partial charge in [-0.2, -0.15) is 0 Å². The lowest BCUT2D eigenvalue weighted by atomic mass is 9.86. The molecule has 6 heteroatoms. The van der Waals surface area contributed by atoms with Crippen LogP contribution in [0.3, 0.4) is 0 Å². The van der Waals surface area contributed by atoms with Crippen molar-refractivity contribution in [2.45, 2.75) is 317 Å². The highest BCUT2D eigenvalue weighted by atomic mass is 16.5. The van der Waals surface area contributed by atoms with Crippen molar-refractivity contribution in [3.63, 3.8) is 0 Å². The molecule has 0 spiro atoms. The topological polar surface area (TPSA) is 88.4 Å². The third-order valence-corrected chi connectivity index (χ3v) is 18.7. The highest BCUT2D eigenvalue weighted by Crippen LogP contribution is 2.44. The van der Waals surface area contributed by atoms with Crippen LogP contribution in [0.5, 0.6) is 34.5 Å². The smallest absolute Gasteiger partial charge is 0.126 e. The van der Waals surface area contributed by atoms with Gasteiger partial charge in [0.05, 0.1) is 0 Å². The van der Waals surface area contributed by atoms with E-state index in [2.05, 4.69) is 165 Å². The quantitative estimate of drug-likeness (QED) is 0.0659. The van der Waals surface area contributed by atoms with Gasteiger partial charge in [-0.05, 0) is 356 Å². The van der Waals surface area contributed by atoms with Gasteiger partial charge >= 0.3 is 0 Å². The van der Waals surface area contributed by atoms with Crippen LogP contribution in [0.15, 0.2) is 129 Å². The van der Waals surface area contributed by atoms with Gasteiger partial charge in [-0.1, -0.05) is 112 Å². The van der Waals surface area contributed by atoms with E-state index in [4.69, 9.17) is 14.2 Å². The first-order valence-corrected chi connectivity index (χ1v) is 34.3. The average Bonchev–Trinajstić information content (AvgIpc) is 0.816. The van der Waals surface area contributed by atoms with Crippen LogP contribution in [0.1, 0.15) is 291 Å². The molecule has 90 heavy (non-hydrogen) atoms. The molecule has 0 bridgehead atoms. The molecule has 0 aromatic heterocycles. The van der Waals surface area contributed by atoms with E-state index in [1.54, 1.807) is 6.07 Å². The minimum Gasteiger partial charge on any atom is -0.508 e. The van der Waals surface area contributed by atoms with Crippen LogP contribution in [-0.4, -0.2) is 32.1 Å². The second kappa shape index (κ2) is 38.2. The molecule has 3 unspecified atom stereocenters. The summed E-state index contributed by atoms with van der Waals surface area (Å²) in [5, 5.41) is 30.0. The van der Waals surface area contributed by atoms with E-state index in [-0.39, 0.29) is 24.2 Å². The maximum absolute atomic E-state index is 10.1. The molecule has 3 heterocycles. The Hall–Kier alpha value is -5.88. The van der Waals surface area contributed by atoms with E-state index < -0.39 is 0 Å². The number of aromatic hydroxyl groups is 3. The van der Waals surface area contributed by atoms with Crippen molar-refractivity contribution >= 4 is 0 Å². The number of ether oxygens (including phenoxy) is 3. The average molecular weight is 1230 g/mol. The van der Waals surface area contributed by atoms with Gasteiger partial charge in [0, 0.05) is 5.56 Å². The second-order valence-corrected chi connectivity index (χ2v) is 28.7. The highest BCUT2D eigenvalue weighted by Gasteiger charge is 2.35. The standard InChI is InChI=1S/2C28H42O2.C27H40O2.CH4/c1-20(2)11-8-12-21(3)13-9-14-22(4)15-10-17-28(7)18-16-25-19-26(29)23(5)24(6)27(25)30-28;1-20(2)11-8-12-21(3)13-9-14-22(4)15-10-17-28(7)18-16-25-24(6)26(29)19-23(5)27(25)30-28;1-20(2)10-7-11-21(3)12-8-13-22(4)14-9-16-27(6)17-15-24-19-25(28)18-23(5)26(24)29-27;/h2*11,13,15,19,29H,8-10,12,14,16-18H2,1-7H3;10,12,14,18-19,28H,7-9,11,13,15-17H2,1-6H3;1H4/b2*21-13+,22-15+;21-12+,22-14+;. The Morgan fingerprint density at radius 3 is 1.07 bits per heavy atom. The summed E-state index contributed by atoms with van der Waals surface area (Å²) in [6, 6.07) is 7.36. The summed E-state index contributed by atoms with van der Waals surface area (Å²) in [6.45, 7) is 43.2. The third-order valence-electron chi connectivity index (χ3n) is 18.7. The number of fused-ring (bicyclic) bond motifs is 3. The van der Waals surface area contributed by atoms with Crippen molar-refractivity contribution in [3.05, 3.63) is 174 Å². The molecule has 0 amide bonds. The maximum Gasteiger partial charge on any atom is 0.126 e. The summed E-state index contributed by atoms with van der Waals surface area (Å²) in [7, 11) is 0. The fourth-order valence-corrected chi connectivity index (χ4v) is 12.3. The Labute approximate surface area is 551 Å². The summed E-state index contributed by atoms with van der Waals surface area (Å²) in [4.78, 5) is 0. The molecule has 3 aromatic carbocycles. The van der Waals surface area contributed by atoms with E-state index in [0.29, 0.717) is 17.2 Å². The van der Waals surface area contributed by atoms with Crippen LogP contribution in [-0.2, 0) is 19.3 Å². The number of aryl methyl sites for hydroxylation is 4. The Kier molecular flexibility index (Phi) is 33.3. The van der Waals surface area contributed by atoms with Crippen molar-refractivity contribution < 1.29 is 29.5 Å². The summed E-state index contributed by atoms with van der Waals surface area (Å²) in [5.74, 6) is 4.08. The first kappa shape index (κ1) is 78.4. The number of phenolic OH excluding ortho intramolecular Hbond substituents is 3.